The van der Waals surface area contributed by atoms with Gasteiger partial charge in [-0.05, 0) is 41.6 Å². The molecule has 0 unspecified atom stereocenters. The first-order valence-electron chi connectivity index (χ1n) is 5.43. The highest BCUT2D eigenvalue weighted by Crippen LogP contribution is 2.42. The van der Waals surface area contributed by atoms with Gasteiger partial charge >= 0.3 is 0 Å². The Bertz CT molecular complexity index is 578. The summed E-state index contributed by atoms with van der Waals surface area (Å²) in [4.78, 5) is 1.15. The van der Waals surface area contributed by atoms with Crippen molar-refractivity contribution in [2.75, 3.05) is 6.26 Å². The third-order valence-corrected chi connectivity index (χ3v) is 5.09. The van der Waals surface area contributed by atoms with Crippen LogP contribution in [0, 0.1) is 0 Å². The molecule has 2 rings (SSSR count). The minimum atomic E-state index is -1.15. The van der Waals surface area contributed by atoms with Crippen molar-refractivity contribution in [1.82, 2.24) is 0 Å². The van der Waals surface area contributed by atoms with Gasteiger partial charge in [-0.15, -0.1) is 11.8 Å². The Morgan fingerprint density at radius 1 is 0.842 bits per heavy atom. The zero-order chi connectivity index (χ0) is 14.0. The zero-order valence-corrected chi connectivity index (χ0v) is 13.8. The van der Waals surface area contributed by atoms with Crippen molar-refractivity contribution < 1.29 is 0 Å². The topological polar surface area (TPSA) is 0 Å². The minimum Gasteiger partial charge on any atom is -0.130 e. The van der Waals surface area contributed by atoms with Crippen molar-refractivity contribution in [3.8, 4) is 0 Å². The van der Waals surface area contributed by atoms with Crippen molar-refractivity contribution >= 4 is 58.2 Å². The third-order valence-electron chi connectivity index (χ3n) is 2.73. The smallest absolute Gasteiger partial charge is 0.130 e. The summed E-state index contributed by atoms with van der Waals surface area (Å²) in [6.45, 7) is 0. The Kier molecular flexibility index (Phi) is 4.97. The van der Waals surface area contributed by atoms with Crippen LogP contribution in [-0.4, -0.2) is 6.26 Å². The fourth-order valence-electron chi connectivity index (χ4n) is 1.66. The van der Waals surface area contributed by atoms with E-state index < -0.39 is 4.33 Å². The average Bonchev–Trinajstić information content (AvgIpc) is 2.41. The predicted molar refractivity (Wildman–Crippen MR) is 87.2 cm³/mol. The molecule has 0 spiro atoms. The summed E-state index contributed by atoms with van der Waals surface area (Å²) in [5.41, 5.74) is 1.49. The van der Waals surface area contributed by atoms with Crippen molar-refractivity contribution in [1.29, 1.82) is 0 Å². The first-order chi connectivity index (χ1) is 8.95. The van der Waals surface area contributed by atoms with Crippen molar-refractivity contribution in [2.45, 2.75) is 9.23 Å². The molecule has 0 aromatic heterocycles. The quantitative estimate of drug-likeness (QED) is 0.455. The number of thioether (sulfide) groups is 1. The summed E-state index contributed by atoms with van der Waals surface area (Å²) in [6.07, 6.45) is 2.02. The summed E-state index contributed by atoms with van der Waals surface area (Å²) in [5.74, 6) is 0. The number of hydrogen-bond donors (Lipinski definition) is 0. The third kappa shape index (κ3) is 3.34. The van der Waals surface area contributed by atoms with Gasteiger partial charge in [-0.25, -0.2) is 0 Å². The van der Waals surface area contributed by atoms with Gasteiger partial charge in [0.05, 0.1) is 10.0 Å². The first-order valence-corrected chi connectivity index (χ1v) is 8.16. The van der Waals surface area contributed by atoms with E-state index in [1.54, 1.807) is 30.0 Å². The number of alkyl halides is 2. The van der Waals surface area contributed by atoms with E-state index in [-0.39, 0.29) is 0 Å². The van der Waals surface area contributed by atoms with E-state index in [2.05, 4.69) is 0 Å². The molecule has 5 heteroatoms. The van der Waals surface area contributed by atoms with Gasteiger partial charge in [0, 0.05) is 4.90 Å². The summed E-state index contributed by atoms with van der Waals surface area (Å²) in [7, 11) is 0. The van der Waals surface area contributed by atoms with Crippen LogP contribution >= 0.6 is 58.2 Å². The molecule has 0 radical (unpaired) electrons. The lowest BCUT2D eigenvalue weighted by Gasteiger charge is -2.21. The van der Waals surface area contributed by atoms with E-state index in [4.69, 9.17) is 46.4 Å². The van der Waals surface area contributed by atoms with Gasteiger partial charge in [0.15, 0.2) is 4.33 Å². The molecule has 0 heterocycles. The summed E-state index contributed by atoms with van der Waals surface area (Å²) in [5, 5.41) is 0.915. The van der Waals surface area contributed by atoms with E-state index in [0.29, 0.717) is 15.6 Å². The molecular formula is C14H10Cl4S. The normalized spacial score (nSPS) is 11.6. The van der Waals surface area contributed by atoms with Gasteiger partial charge in [0.1, 0.15) is 0 Å². The maximum absolute atomic E-state index is 6.46. The van der Waals surface area contributed by atoms with Crippen LogP contribution in [0.3, 0.4) is 0 Å². The zero-order valence-electron chi connectivity index (χ0n) is 9.96. The van der Waals surface area contributed by atoms with Gasteiger partial charge in [-0.3, -0.25) is 0 Å². The fourth-order valence-corrected chi connectivity index (χ4v) is 2.85. The maximum atomic E-state index is 6.46. The second-order valence-corrected chi connectivity index (χ2v) is 6.95. The Morgan fingerprint density at radius 2 is 1.42 bits per heavy atom. The second-order valence-electron chi connectivity index (χ2n) is 3.93. The largest absolute Gasteiger partial charge is 0.168 e. The molecule has 0 N–H and O–H groups in total. The molecule has 0 aliphatic rings. The molecule has 0 saturated heterocycles. The van der Waals surface area contributed by atoms with Gasteiger partial charge in [-0.1, -0.05) is 64.6 Å². The molecule has 0 aliphatic carbocycles. The summed E-state index contributed by atoms with van der Waals surface area (Å²) >= 11 is 26.5. The molecule has 2 aromatic carbocycles. The van der Waals surface area contributed by atoms with Crippen molar-refractivity contribution in [3.05, 3.63) is 63.6 Å². The Hall–Kier alpha value is -0.0500. The predicted octanol–water partition coefficient (Wildman–Crippen LogP) is 6.39. The van der Waals surface area contributed by atoms with Crippen LogP contribution in [-0.2, 0) is 4.33 Å². The molecule has 0 bridgehead atoms. The van der Waals surface area contributed by atoms with Gasteiger partial charge in [0.25, 0.3) is 0 Å². The molecular weight excluding hydrogens is 342 g/mol. The lowest BCUT2D eigenvalue weighted by Crippen LogP contribution is -2.12. The monoisotopic (exact) mass is 350 g/mol. The van der Waals surface area contributed by atoms with E-state index >= 15 is 0 Å². The number of hydrogen-bond acceptors (Lipinski definition) is 1. The average molecular weight is 352 g/mol. The van der Waals surface area contributed by atoms with E-state index in [0.717, 1.165) is 10.5 Å². The van der Waals surface area contributed by atoms with Gasteiger partial charge in [-0.2, -0.15) is 0 Å². The van der Waals surface area contributed by atoms with Crippen LogP contribution in [0.1, 0.15) is 11.1 Å². The molecule has 2 aromatic rings. The molecule has 0 atom stereocenters. The Labute approximate surface area is 137 Å². The number of benzene rings is 2. The molecule has 0 saturated carbocycles. The van der Waals surface area contributed by atoms with Crippen LogP contribution in [0.4, 0.5) is 0 Å². The Morgan fingerprint density at radius 3 is 1.95 bits per heavy atom. The lowest BCUT2D eigenvalue weighted by atomic mass is 10.0. The summed E-state index contributed by atoms with van der Waals surface area (Å²) < 4.78 is -1.15. The maximum Gasteiger partial charge on any atom is 0.168 e. The standard InChI is InChI=1S/C14H10Cl4S/c1-19-11-5-2-9(3-6-11)14(17,18)10-4-7-12(15)13(16)8-10/h2-8H,1H3. The van der Waals surface area contributed by atoms with Crippen LogP contribution in [0.5, 0.6) is 0 Å². The van der Waals surface area contributed by atoms with E-state index in [1.807, 2.05) is 30.5 Å². The Balaban J connectivity index is 2.41. The van der Waals surface area contributed by atoms with Crippen LogP contribution in [0.2, 0.25) is 10.0 Å². The van der Waals surface area contributed by atoms with E-state index in [9.17, 15) is 0 Å². The minimum absolute atomic E-state index is 0.436. The van der Waals surface area contributed by atoms with Crippen LogP contribution in [0.15, 0.2) is 47.4 Å². The fraction of sp³-hybridized carbons (Fsp3) is 0.143. The van der Waals surface area contributed by atoms with E-state index in [1.165, 1.54) is 0 Å². The van der Waals surface area contributed by atoms with Crippen LogP contribution in [0.25, 0.3) is 0 Å². The highest BCUT2D eigenvalue weighted by Gasteiger charge is 2.29. The molecule has 0 aliphatic heterocycles. The number of halogens is 4. The van der Waals surface area contributed by atoms with Crippen molar-refractivity contribution in [3.63, 3.8) is 0 Å². The first kappa shape index (κ1) is 15.3. The highest BCUT2D eigenvalue weighted by molar-refractivity contribution is 7.98. The molecule has 0 amide bonds. The van der Waals surface area contributed by atoms with Gasteiger partial charge in [0.2, 0.25) is 0 Å². The molecule has 19 heavy (non-hydrogen) atoms. The lowest BCUT2D eigenvalue weighted by molar-refractivity contribution is 1.03. The van der Waals surface area contributed by atoms with Crippen LogP contribution < -0.4 is 0 Å². The SMILES string of the molecule is CSc1ccc(C(Cl)(Cl)c2ccc(Cl)c(Cl)c2)cc1. The summed E-state index contributed by atoms with van der Waals surface area (Å²) in [6, 6.07) is 12.9. The number of rotatable bonds is 3. The highest BCUT2D eigenvalue weighted by atomic mass is 35.5. The molecule has 0 fully saturated rings. The van der Waals surface area contributed by atoms with Gasteiger partial charge < -0.3 is 0 Å². The molecule has 100 valence electrons. The van der Waals surface area contributed by atoms with Crippen molar-refractivity contribution in [2.24, 2.45) is 0 Å². The molecule has 0 nitrogen and oxygen atoms in total. The second kappa shape index (κ2) is 6.15.